The fourth-order valence-electron chi connectivity index (χ4n) is 2.16. The Morgan fingerprint density at radius 1 is 1.33 bits per heavy atom. The SMILES string of the molecule is CN=C(NCCc1csc(C(C)C)n1)NCC(OC)C(C)(C)C.I. The van der Waals surface area contributed by atoms with Crippen LogP contribution in [-0.4, -0.2) is 44.3 Å². The van der Waals surface area contributed by atoms with Crippen LogP contribution >= 0.6 is 35.3 Å². The first-order valence-corrected chi connectivity index (χ1v) is 9.07. The lowest BCUT2D eigenvalue weighted by molar-refractivity contribution is 0.0205. The number of hydrogen-bond donors (Lipinski definition) is 2. The molecule has 7 heteroatoms. The minimum absolute atomic E-state index is 0. The maximum Gasteiger partial charge on any atom is 0.191 e. The molecule has 5 nitrogen and oxygen atoms in total. The Morgan fingerprint density at radius 2 is 2.00 bits per heavy atom. The zero-order valence-electron chi connectivity index (χ0n) is 16.0. The molecular weight excluding hydrogens is 435 g/mol. The second kappa shape index (κ2) is 11.3. The minimum atomic E-state index is 0. The maximum absolute atomic E-state index is 5.55. The summed E-state index contributed by atoms with van der Waals surface area (Å²) in [5, 5.41) is 10.0. The Morgan fingerprint density at radius 3 is 2.46 bits per heavy atom. The molecule has 1 aromatic heterocycles. The average molecular weight is 468 g/mol. The van der Waals surface area contributed by atoms with Crippen LogP contribution in [0.1, 0.15) is 51.2 Å². The summed E-state index contributed by atoms with van der Waals surface area (Å²) in [6.45, 7) is 12.4. The molecule has 0 spiro atoms. The van der Waals surface area contributed by atoms with Crippen molar-refractivity contribution in [2.75, 3.05) is 27.2 Å². The van der Waals surface area contributed by atoms with E-state index in [9.17, 15) is 0 Å². The standard InChI is InChI=1S/C17H32N4OS.HI/c1-12(2)15-21-13(11-23-15)8-9-19-16(18-6)20-10-14(22-7)17(3,4)5;/h11-12,14H,8-10H2,1-7H3,(H2,18,19,20);1H. The lowest BCUT2D eigenvalue weighted by atomic mass is 9.89. The number of ether oxygens (including phenoxy) is 1. The molecule has 0 bridgehead atoms. The summed E-state index contributed by atoms with van der Waals surface area (Å²) < 4.78 is 5.55. The molecule has 1 atom stereocenters. The van der Waals surface area contributed by atoms with Gasteiger partial charge in [0.25, 0.3) is 0 Å². The van der Waals surface area contributed by atoms with Crippen molar-refractivity contribution in [2.45, 2.75) is 53.1 Å². The molecule has 0 saturated heterocycles. The number of guanidine groups is 1. The molecule has 0 aromatic carbocycles. The van der Waals surface area contributed by atoms with E-state index in [0.717, 1.165) is 31.2 Å². The van der Waals surface area contributed by atoms with Crippen LogP contribution in [0.2, 0.25) is 0 Å². The average Bonchev–Trinajstić information content (AvgIpc) is 2.93. The smallest absolute Gasteiger partial charge is 0.191 e. The third-order valence-corrected chi connectivity index (χ3v) is 4.86. The van der Waals surface area contributed by atoms with E-state index in [2.05, 4.69) is 60.6 Å². The van der Waals surface area contributed by atoms with Gasteiger partial charge in [-0.3, -0.25) is 4.99 Å². The molecule has 0 amide bonds. The molecule has 0 aliphatic heterocycles. The van der Waals surface area contributed by atoms with Crippen molar-refractivity contribution >= 4 is 41.3 Å². The Bertz CT molecular complexity index is 497. The first kappa shape index (κ1) is 23.6. The van der Waals surface area contributed by atoms with E-state index < -0.39 is 0 Å². The summed E-state index contributed by atoms with van der Waals surface area (Å²) in [7, 11) is 3.54. The van der Waals surface area contributed by atoms with E-state index in [1.54, 1.807) is 25.5 Å². The van der Waals surface area contributed by atoms with Crippen molar-refractivity contribution in [1.82, 2.24) is 15.6 Å². The van der Waals surface area contributed by atoms with E-state index in [-0.39, 0.29) is 35.5 Å². The van der Waals surface area contributed by atoms with Crippen LogP contribution < -0.4 is 10.6 Å². The van der Waals surface area contributed by atoms with E-state index in [1.165, 1.54) is 5.01 Å². The van der Waals surface area contributed by atoms with Crippen LogP contribution in [0.3, 0.4) is 0 Å². The van der Waals surface area contributed by atoms with Gasteiger partial charge in [-0.1, -0.05) is 34.6 Å². The molecule has 0 saturated carbocycles. The second-order valence-electron chi connectivity index (χ2n) is 7.05. The normalized spacial score (nSPS) is 13.6. The lowest BCUT2D eigenvalue weighted by Crippen LogP contribution is -2.45. The summed E-state index contributed by atoms with van der Waals surface area (Å²) in [6.07, 6.45) is 1.03. The first-order valence-electron chi connectivity index (χ1n) is 8.19. The summed E-state index contributed by atoms with van der Waals surface area (Å²) >= 11 is 1.74. The van der Waals surface area contributed by atoms with Gasteiger partial charge < -0.3 is 15.4 Å². The van der Waals surface area contributed by atoms with Crippen LogP contribution in [0.5, 0.6) is 0 Å². The molecule has 1 aromatic rings. The van der Waals surface area contributed by atoms with Gasteiger partial charge in [0.2, 0.25) is 0 Å². The first-order chi connectivity index (χ1) is 10.8. The monoisotopic (exact) mass is 468 g/mol. The second-order valence-corrected chi connectivity index (χ2v) is 7.94. The van der Waals surface area contributed by atoms with Gasteiger partial charge in [-0.2, -0.15) is 0 Å². The van der Waals surface area contributed by atoms with Gasteiger partial charge in [-0.15, -0.1) is 35.3 Å². The Kier molecular flexibility index (Phi) is 11.1. The summed E-state index contributed by atoms with van der Waals surface area (Å²) in [5.74, 6) is 1.30. The fourth-order valence-corrected chi connectivity index (χ4v) is 3.03. The molecule has 1 rings (SSSR count). The van der Waals surface area contributed by atoms with Crippen LogP contribution in [-0.2, 0) is 11.2 Å². The quantitative estimate of drug-likeness (QED) is 0.365. The number of methoxy groups -OCH3 is 1. The van der Waals surface area contributed by atoms with Gasteiger partial charge in [-0.05, 0) is 5.41 Å². The highest BCUT2D eigenvalue weighted by molar-refractivity contribution is 14.0. The van der Waals surface area contributed by atoms with Crippen molar-refractivity contribution in [3.63, 3.8) is 0 Å². The van der Waals surface area contributed by atoms with E-state index >= 15 is 0 Å². The summed E-state index contributed by atoms with van der Waals surface area (Å²) in [5.41, 5.74) is 1.24. The number of aliphatic imine (C=N–C) groups is 1. The molecule has 0 aliphatic rings. The topological polar surface area (TPSA) is 58.5 Å². The minimum Gasteiger partial charge on any atom is -0.379 e. The molecule has 0 radical (unpaired) electrons. The molecule has 0 fully saturated rings. The van der Waals surface area contributed by atoms with Crippen molar-refractivity contribution in [1.29, 1.82) is 0 Å². The number of nitrogens with one attached hydrogen (secondary N) is 2. The van der Waals surface area contributed by atoms with Crippen molar-refractivity contribution in [3.8, 4) is 0 Å². The van der Waals surface area contributed by atoms with Crippen LogP contribution in [0.25, 0.3) is 0 Å². The van der Waals surface area contributed by atoms with Crippen molar-refractivity contribution in [2.24, 2.45) is 10.4 Å². The maximum atomic E-state index is 5.55. The third kappa shape index (κ3) is 8.11. The van der Waals surface area contributed by atoms with E-state index in [0.29, 0.717) is 5.92 Å². The highest BCUT2D eigenvalue weighted by Crippen LogP contribution is 2.21. The number of hydrogen-bond acceptors (Lipinski definition) is 4. The van der Waals surface area contributed by atoms with Crippen molar-refractivity contribution in [3.05, 3.63) is 16.1 Å². The summed E-state index contributed by atoms with van der Waals surface area (Å²) in [4.78, 5) is 8.91. The Balaban J connectivity index is 0.00000529. The highest BCUT2D eigenvalue weighted by Gasteiger charge is 2.24. The largest absolute Gasteiger partial charge is 0.379 e. The molecular formula is C17H33IN4OS. The van der Waals surface area contributed by atoms with E-state index in [1.807, 2.05) is 0 Å². The van der Waals surface area contributed by atoms with E-state index in [4.69, 9.17) is 4.74 Å². The highest BCUT2D eigenvalue weighted by atomic mass is 127. The molecule has 0 aliphatic carbocycles. The van der Waals surface area contributed by atoms with Crippen LogP contribution in [0, 0.1) is 5.41 Å². The third-order valence-electron chi connectivity index (χ3n) is 3.67. The summed E-state index contributed by atoms with van der Waals surface area (Å²) in [6, 6.07) is 0. The van der Waals surface area contributed by atoms with Crippen LogP contribution in [0.15, 0.2) is 10.4 Å². The van der Waals surface area contributed by atoms with Gasteiger partial charge in [0.05, 0.1) is 16.8 Å². The number of aromatic nitrogens is 1. The molecule has 1 heterocycles. The predicted octanol–water partition coefficient (Wildman–Crippen LogP) is 3.65. The molecule has 1 unspecified atom stereocenters. The van der Waals surface area contributed by atoms with Gasteiger partial charge >= 0.3 is 0 Å². The molecule has 24 heavy (non-hydrogen) atoms. The number of halogens is 1. The van der Waals surface area contributed by atoms with Gasteiger partial charge in [-0.25, -0.2) is 4.98 Å². The Hall–Kier alpha value is -0.410. The zero-order chi connectivity index (χ0) is 17.5. The van der Waals surface area contributed by atoms with Gasteiger partial charge in [0.1, 0.15) is 0 Å². The Labute approximate surface area is 168 Å². The zero-order valence-corrected chi connectivity index (χ0v) is 19.1. The van der Waals surface area contributed by atoms with Crippen LogP contribution in [0.4, 0.5) is 0 Å². The van der Waals surface area contributed by atoms with Crippen molar-refractivity contribution < 1.29 is 4.74 Å². The predicted molar refractivity (Wildman–Crippen MR) is 115 cm³/mol. The van der Waals surface area contributed by atoms with Gasteiger partial charge in [0.15, 0.2) is 5.96 Å². The van der Waals surface area contributed by atoms with Gasteiger partial charge in [0, 0.05) is 45.0 Å². The fraction of sp³-hybridized carbons (Fsp3) is 0.765. The number of nitrogens with zero attached hydrogens (tertiary/aromatic N) is 2. The molecule has 2 N–H and O–H groups in total. The number of rotatable bonds is 7. The molecule has 140 valence electrons. The lowest BCUT2D eigenvalue weighted by Gasteiger charge is -2.30. The number of thiazole rings is 1.